The SMILES string of the molecule is Cc1ccc(-n2cccc2CC(=O)NCC(C)C)cc1. The molecule has 1 aromatic carbocycles. The van der Waals surface area contributed by atoms with Gasteiger partial charge < -0.3 is 9.88 Å². The molecule has 2 rings (SSSR count). The number of benzene rings is 1. The molecule has 0 fully saturated rings. The quantitative estimate of drug-likeness (QED) is 0.890. The van der Waals surface area contributed by atoms with Crippen LogP contribution in [0.15, 0.2) is 42.6 Å². The summed E-state index contributed by atoms with van der Waals surface area (Å²) in [5.74, 6) is 0.550. The number of aromatic nitrogens is 1. The molecule has 0 atom stereocenters. The highest BCUT2D eigenvalue weighted by Gasteiger charge is 2.09. The van der Waals surface area contributed by atoms with Gasteiger partial charge in [0.2, 0.25) is 5.91 Å². The lowest BCUT2D eigenvalue weighted by Crippen LogP contribution is -2.29. The van der Waals surface area contributed by atoms with Gasteiger partial charge in [0.25, 0.3) is 0 Å². The Morgan fingerprint density at radius 1 is 1.20 bits per heavy atom. The first-order chi connectivity index (χ1) is 9.56. The molecular formula is C17H22N2O. The second kappa shape index (κ2) is 6.42. The Morgan fingerprint density at radius 2 is 1.90 bits per heavy atom. The molecule has 3 heteroatoms. The molecule has 0 spiro atoms. The summed E-state index contributed by atoms with van der Waals surface area (Å²) in [5.41, 5.74) is 3.33. The van der Waals surface area contributed by atoms with Gasteiger partial charge in [-0.05, 0) is 37.1 Å². The molecule has 20 heavy (non-hydrogen) atoms. The van der Waals surface area contributed by atoms with Gasteiger partial charge in [0.1, 0.15) is 0 Å². The van der Waals surface area contributed by atoms with Crippen molar-refractivity contribution in [2.45, 2.75) is 27.2 Å². The highest BCUT2D eigenvalue weighted by molar-refractivity contribution is 5.78. The van der Waals surface area contributed by atoms with Crippen LogP contribution in [-0.2, 0) is 11.2 Å². The van der Waals surface area contributed by atoms with Crippen LogP contribution in [0.2, 0.25) is 0 Å². The first-order valence-corrected chi connectivity index (χ1v) is 7.06. The fourth-order valence-corrected chi connectivity index (χ4v) is 2.06. The molecule has 1 heterocycles. The third-order valence-corrected chi connectivity index (χ3v) is 3.19. The van der Waals surface area contributed by atoms with E-state index >= 15 is 0 Å². The number of amides is 1. The predicted octanol–water partition coefficient (Wildman–Crippen LogP) is 3.10. The van der Waals surface area contributed by atoms with Crippen LogP contribution < -0.4 is 5.32 Å². The van der Waals surface area contributed by atoms with E-state index in [-0.39, 0.29) is 5.91 Å². The standard InChI is InChI=1S/C17H22N2O/c1-13(2)12-18-17(20)11-16-5-4-10-19(16)15-8-6-14(3)7-9-15/h4-10,13H,11-12H2,1-3H3,(H,18,20). The molecule has 0 unspecified atom stereocenters. The van der Waals surface area contributed by atoms with Crippen LogP contribution in [0.5, 0.6) is 0 Å². The molecule has 0 radical (unpaired) electrons. The first-order valence-electron chi connectivity index (χ1n) is 7.06. The van der Waals surface area contributed by atoms with Crippen LogP contribution in [0, 0.1) is 12.8 Å². The Hall–Kier alpha value is -2.03. The number of rotatable bonds is 5. The Balaban J connectivity index is 2.09. The maximum atomic E-state index is 11.9. The number of nitrogens with zero attached hydrogens (tertiary/aromatic N) is 1. The second-order valence-corrected chi connectivity index (χ2v) is 5.58. The van der Waals surface area contributed by atoms with Crippen molar-refractivity contribution in [3.05, 3.63) is 53.9 Å². The summed E-state index contributed by atoms with van der Waals surface area (Å²) in [5, 5.41) is 2.96. The zero-order chi connectivity index (χ0) is 14.5. The van der Waals surface area contributed by atoms with Gasteiger partial charge in [0, 0.05) is 24.1 Å². The van der Waals surface area contributed by atoms with Crippen molar-refractivity contribution in [2.24, 2.45) is 5.92 Å². The highest BCUT2D eigenvalue weighted by atomic mass is 16.1. The summed E-state index contributed by atoms with van der Waals surface area (Å²) in [6.45, 7) is 6.98. The van der Waals surface area contributed by atoms with Crippen molar-refractivity contribution in [3.8, 4) is 5.69 Å². The lowest BCUT2D eigenvalue weighted by Gasteiger charge is -2.11. The van der Waals surface area contributed by atoms with E-state index in [0.29, 0.717) is 12.3 Å². The number of nitrogens with one attached hydrogen (secondary N) is 1. The molecule has 2 aromatic rings. The largest absolute Gasteiger partial charge is 0.356 e. The molecule has 1 aromatic heterocycles. The van der Waals surface area contributed by atoms with Crippen LogP contribution >= 0.6 is 0 Å². The molecule has 1 amide bonds. The average Bonchev–Trinajstić information content (AvgIpc) is 2.85. The summed E-state index contributed by atoms with van der Waals surface area (Å²) < 4.78 is 2.06. The monoisotopic (exact) mass is 270 g/mol. The van der Waals surface area contributed by atoms with E-state index in [9.17, 15) is 4.79 Å². The van der Waals surface area contributed by atoms with Crippen LogP contribution in [0.4, 0.5) is 0 Å². The van der Waals surface area contributed by atoms with Gasteiger partial charge in [0.05, 0.1) is 6.42 Å². The van der Waals surface area contributed by atoms with E-state index in [2.05, 4.69) is 54.9 Å². The minimum absolute atomic E-state index is 0.0748. The van der Waals surface area contributed by atoms with E-state index in [1.807, 2.05) is 18.3 Å². The van der Waals surface area contributed by atoms with Crippen molar-refractivity contribution in [3.63, 3.8) is 0 Å². The molecule has 0 aliphatic rings. The van der Waals surface area contributed by atoms with Crippen molar-refractivity contribution in [1.29, 1.82) is 0 Å². The van der Waals surface area contributed by atoms with E-state index in [1.165, 1.54) is 5.56 Å². The Bertz CT molecular complexity index is 567. The molecule has 0 bridgehead atoms. The second-order valence-electron chi connectivity index (χ2n) is 5.58. The van der Waals surface area contributed by atoms with Gasteiger partial charge in [-0.3, -0.25) is 4.79 Å². The van der Waals surface area contributed by atoms with E-state index in [4.69, 9.17) is 0 Å². The van der Waals surface area contributed by atoms with Gasteiger partial charge in [0.15, 0.2) is 0 Å². The van der Waals surface area contributed by atoms with Gasteiger partial charge in [-0.25, -0.2) is 0 Å². The molecule has 0 saturated heterocycles. The lowest BCUT2D eigenvalue weighted by molar-refractivity contribution is -0.120. The van der Waals surface area contributed by atoms with Gasteiger partial charge in [-0.1, -0.05) is 31.5 Å². The minimum atomic E-state index is 0.0748. The third-order valence-electron chi connectivity index (χ3n) is 3.19. The topological polar surface area (TPSA) is 34.0 Å². The van der Waals surface area contributed by atoms with Crippen molar-refractivity contribution < 1.29 is 4.79 Å². The predicted molar refractivity (Wildman–Crippen MR) is 82.1 cm³/mol. The molecule has 1 N–H and O–H groups in total. The third kappa shape index (κ3) is 3.73. The van der Waals surface area contributed by atoms with Crippen LogP contribution in [0.25, 0.3) is 5.69 Å². The maximum absolute atomic E-state index is 11.9. The smallest absolute Gasteiger partial charge is 0.225 e. The number of aryl methyl sites for hydroxylation is 1. The Labute approximate surface area is 120 Å². The van der Waals surface area contributed by atoms with E-state index in [0.717, 1.165) is 17.9 Å². The molecule has 106 valence electrons. The Morgan fingerprint density at radius 3 is 2.55 bits per heavy atom. The molecule has 3 nitrogen and oxygen atoms in total. The van der Waals surface area contributed by atoms with Crippen LogP contribution in [0.1, 0.15) is 25.1 Å². The lowest BCUT2D eigenvalue weighted by atomic mass is 10.2. The van der Waals surface area contributed by atoms with Gasteiger partial charge in [-0.2, -0.15) is 0 Å². The highest BCUT2D eigenvalue weighted by Crippen LogP contribution is 2.14. The Kier molecular flexibility index (Phi) is 4.61. The van der Waals surface area contributed by atoms with Gasteiger partial charge in [-0.15, -0.1) is 0 Å². The zero-order valence-electron chi connectivity index (χ0n) is 12.4. The van der Waals surface area contributed by atoms with Crippen LogP contribution in [-0.4, -0.2) is 17.0 Å². The maximum Gasteiger partial charge on any atom is 0.225 e. The summed E-state index contributed by atoms with van der Waals surface area (Å²) in [6, 6.07) is 12.3. The molecule has 0 aliphatic carbocycles. The average molecular weight is 270 g/mol. The van der Waals surface area contributed by atoms with E-state index in [1.54, 1.807) is 0 Å². The van der Waals surface area contributed by atoms with Gasteiger partial charge >= 0.3 is 0 Å². The van der Waals surface area contributed by atoms with Crippen molar-refractivity contribution in [2.75, 3.05) is 6.54 Å². The zero-order valence-corrected chi connectivity index (χ0v) is 12.4. The fraction of sp³-hybridized carbons (Fsp3) is 0.353. The first kappa shape index (κ1) is 14.4. The van der Waals surface area contributed by atoms with E-state index < -0.39 is 0 Å². The number of hydrogen-bond acceptors (Lipinski definition) is 1. The van der Waals surface area contributed by atoms with Crippen molar-refractivity contribution in [1.82, 2.24) is 9.88 Å². The summed E-state index contributed by atoms with van der Waals surface area (Å²) in [7, 11) is 0. The fourth-order valence-electron chi connectivity index (χ4n) is 2.06. The summed E-state index contributed by atoms with van der Waals surface area (Å²) >= 11 is 0. The minimum Gasteiger partial charge on any atom is -0.356 e. The number of hydrogen-bond donors (Lipinski definition) is 1. The molecule has 0 saturated carbocycles. The number of carbonyl (C=O) groups excluding carboxylic acids is 1. The molecular weight excluding hydrogens is 248 g/mol. The summed E-state index contributed by atoms with van der Waals surface area (Å²) in [4.78, 5) is 11.9. The van der Waals surface area contributed by atoms with Crippen molar-refractivity contribution >= 4 is 5.91 Å². The molecule has 0 aliphatic heterocycles. The van der Waals surface area contributed by atoms with Crippen LogP contribution in [0.3, 0.4) is 0 Å². The number of carbonyl (C=O) groups is 1. The summed E-state index contributed by atoms with van der Waals surface area (Å²) in [6.07, 6.45) is 2.41. The normalized spacial score (nSPS) is 10.8.